The Morgan fingerprint density at radius 1 is 1.33 bits per heavy atom. The van der Waals surface area contributed by atoms with Gasteiger partial charge in [-0.1, -0.05) is 29.8 Å². The van der Waals surface area contributed by atoms with Gasteiger partial charge in [0.2, 0.25) is 0 Å². The van der Waals surface area contributed by atoms with Crippen molar-refractivity contribution >= 4 is 34.9 Å². The van der Waals surface area contributed by atoms with Gasteiger partial charge in [-0.05, 0) is 30.5 Å². The van der Waals surface area contributed by atoms with Gasteiger partial charge in [-0.2, -0.15) is 0 Å². The van der Waals surface area contributed by atoms with Crippen LogP contribution in [0.5, 0.6) is 0 Å². The minimum atomic E-state index is 0. The largest absolute Gasteiger partial charge is 0.411 e. The first-order valence-electron chi connectivity index (χ1n) is 4.79. The van der Waals surface area contributed by atoms with E-state index in [2.05, 4.69) is 24.4 Å². The molecule has 0 spiro atoms. The van der Waals surface area contributed by atoms with E-state index in [0.717, 1.165) is 12.1 Å². The average Bonchev–Trinajstić information content (AvgIpc) is 2.16. The van der Waals surface area contributed by atoms with Crippen LogP contribution in [0.3, 0.4) is 0 Å². The summed E-state index contributed by atoms with van der Waals surface area (Å²) in [4.78, 5) is 0. The zero-order chi connectivity index (χ0) is 10.4. The maximum atomic E-state index is 4.78. The molecular weight excluding hydrogens is 306 g/mol. The Balaban J connectivity index is 0.00000196. The number of hydrogen-bond acceptors (Lipinski definition) is 2. The van der Waals surface area contributed by atoms with Gasteiger partial charge in [0.15, 0.2) is 0 Å². The van der Waals surface area contributed by atoms with Crippen LogP contribution in [0.25, 0.3) is 0 Å². The van der Waals surface area contributed by atoms with Crippen LogP contribution in [0.2, 0.25) is 0 Å². The molecule has 0 radical (unpaired) electrons. The summed E-state index contributed by atoms with van der Waals surface area (Å²) in [5.41, 5.74) is 2.35. The number of aryl methyl sites for hydroxylation is 1. The second kappa shape index (κ2) is 8.20. The van der Waals surface area contributed by atoms with E-state index in [9.17, 15) is 0 Å². The Morgan fingerprint density at radius 3 is 2.40 bits per heavy atom. The van der Waals surface area contributed by atoms with Gasteiger partial charge < -0.3 is 30.2 Å². The molecule has 1 nitrogen and oxygen atoms in total. The molecular formula is C11H14MoNS2-. The predicted molar refractivity (Wildman–Crippen MR) is 68.6 cm³/mol. The zero-order valence-corrected chi connectivity index (χ0v) is 12.3. The van der Waals surface area contributed by atoms with Crippen molar-refractivity contribution in [3.63, 3.8) is 0 Å². The van der Waals surface area contributed by atoms with E-state index in [1.807, 2.05) is 12.1 Å². The molecule has 1 N–H and O–H groups in total. The van der Waals surface area contributed by atoms with Gasteiger partial charge in [-0.3, -0.25) is 0 Å². The van der Waals surface area contributed by atoms with Crippen molar-refractivity contribution in [2.75, 3.05) is 5.32 Å². The van der Waals surface area contributed by atoms with Gasteiger partial charge in [0, 0.05) is 26.8 Å². The summed E-state index contributed by atoms with van der Waals surface area (Å²) in [7, 11) is 0. The van der Waals surface area contributed by atoms with Gasteiger partial charge in [-0.25, -0.2) is 0 Å². The molecule has 1 aromatic rings. The predicted octanol–water partition coefficient (Wildman–Crippen LogP) is 3.27. The van der Waals surface area contributed by atoms with E-state index < -0.39 is 0 Å². The first-order valence-corrected chi connectivity index (χ1v) is 5.61. The third-order valence-corrected chi connectivity index (χ3v) is 2.22. The molecule has 82 valence electrons. The minimum Gasteiger partial charge on any atom is -0.411 e. The molecule has 0 fully saturated rings. The van der Waals surface area contributed by atoms with Crippen LogP contribution in [-0.4, -0.2) is 4.32 Å². The van der Waals surface area contributed by atoms with Crippen LogP contribution in [0, 0.1) is 0 Å². The molecule has 0 atom stereocenters. The second-order valence-electron chi connectivity index (χ2n) is 3.21. The van der Waals surface area contributed by atoms with E-state index in [0.29, 0.717) is 4.32 Å². The fourth-order valence-corrected chi connectivity index (χ4v) is 1.49. The SMILES string of the molecule is CCCCc1ccc(NC(=S)[S-])cc1.[Mo]. The van der Waals surface area contributed by atoms with Crippen LogP contribution in [0.1, 0.15) is 25.3 Å². The summed E-state index contributed by atoms with van der Waals surface area (Å²) >= 11 is 9.57. The molecule has 15 heavy (non-hydrogen) atoms. The van der Waals surface area contributed by atoms with Crippen LogP contribution >= 0.6 is 12.2 Å². The summed E-state index contributed by atoms with van der Waals surface area (Å²) in [5, 5.41) is 2.93. The Morgan fingerprint density at radius 2 is 1.93 bits per heavy atom. The molecule has 0 aliphatic heterocycles. The average molecular weight is 320 g/mol. The van der Waals surface area contributed by atoms with Gasteiger partial charge >= 0.3 is 0 Å². The smallest absolute Gasteiger partial charge is 0.0371 e. The normalized spacial score (nSPS) is 9.13. The summed E-state index contributed by atoms with van der Waals surface area (Å²) in [6.07, 6.45) is 3.62. The summed E-state index contributed by atoms with van der Waals surface area (Å²) in [5.74, 6) is 0. The van der Waals surface area contributed by atoms with Crippen molar-refractivity contribution < 1.29 is 21.1 Å². The minimum absolute atomic E-state index is 0. The summed E-state index contributed by atoms with van der Waals surface area (Å²) in [6.45, 7) is 2.20. The van der Waals surface area contributed by atoms with Gasteiger partial charge in [0.05, 0.1) is 0 Å². The molecule has 1 rings (SSSR count). The van der Waals surface area contributed by atoms with E-state index >= 15 is 0 Å². The molecule has 0 heterocycles. The Labute approximate surface area is 117 Å². The van der Waals surface area contributed by atoms with Gasteiger partial charge in [0.25, 0.3) is 0 Å². The molecule has 4 heteroatoms. The van der Waals surface area contributed by atoms with E-state index in [1.54, 1.807) is 0 Å². The van der Waals surface area contributed by atoms with E-state index in [-0.39, 0.29) is 21.1 Å². The Hall–Kier alpha value is 0.0183. The molecule has 0 amide bonds. The molecule has 1 aromatic carbocycles. The first kappa shape index (κ1) is 15.0. The molecule has 0 aliphatic carbocycles. The third kappa shape index (κ3) is 6.24. The van der Waals surface area contributed by atoms with Crippen LogP contribution < -0.4 is 5.32 Å². The third-order valence-electron chi connectivity index (χ3n) is 2.02. The van der Waals surface area contributed by atoms with Crippen molar-refractivity contribution in [1.82, 2.24) is 0 Å². The monoisotopic (exact) mass is 322 g/mol. The van der Waals surface area contributed by atoms with Gasteiger partial charge in [-0.15, -0.1) is 0 Å². The molecule has 0 unspecified atom stereocenters. The quantitative estimate of drug-likeness (QED) is 0.519. The number of thiocarbonyl (C=S) groups is 1. The summed E-state index contributed by atoms with van der Waals surface area (Å²) in [6, 6.07) is 8.27. The van der Waals surface area contributed by atoms with Crippen LogP contribution in [0.4, 0.5) is 5.69 Å². The fraction of sp³-hybridized carbons (Fsp3) is 0.364. The molecule has 0 saturated carbocycles. The van der Waals surface area contributed by atoms with Crippen LogP contribution in [-0.2, 0) is 40.1 Å². The standard InChI is InChI=1S/C11H15NS2.Mo/c1-2-3-4-9-5-7-10(8-6-9)12-11(13)14;/h5-8H,2-4H2,1H3,(H2,12,13,14);/p-1. The van der Waals surface area contributed by atoms with Crippen molar-refractivity contribution in [1.29, 1.82) is 0 Å². The van der Waals surface area contributed by atoms with Crippen molar-refractivity contribution in [3.8, 4) is 0 Å². The Kier molecular flexibility index (Phi) is 8.21. The second-order valence-corrected chi connectivity index (χ2v) is 4.29. The maximum Gasteiger partial charge on any atom is 0.0371 e. The van der Waals surface area contributed by atoms with Crippen LogP contribution in [0.15, 0.2) is 24.3 Å². The van der Waals surface area contributed by atoms with Crippen molar-refractivity contribution in [2.45, 2.75) is 26.2 Å². The first-order chi connectivity index (χ1) is 6.72. The van der Waals surface area contributed by atoms with Gasteiger partial charge in [0.1, 0.15) is 0 Å². The number of nitrogens with one attached hydrogen (secondary N) is 1. The van der Waals surface area contributed by atoms with E-state index in [1.165, 1.54) is 18.4 Å². The fourth-order valence-electron chi connectivity index (χ4n) is 1.25. The molecule has 0 bridgehead atoms. The van der Waals surface area contributed by atoms with Crippen molar-refractivity contribution in [2.24, 2.45) is 0 Å². The topological polar surface area (TPSA) is 12.0 Å². The number of benzene rings is 1. The molecule has 0 saturated heterocycles. The zero-order valence-electron chi connectivity index (χ0n) is 8.66. The number of anilines is 1. The number of rotatable bonds is 4. The molecule has 0 aliphatic rings. The Bertz CT molecular complexity index is 298. The molecule has 0 aromatic heterocycles. The summed E-state index contributed by atoms with van der Waals surface area (Å²) < 4.78 is 0.395. The van der Waals surface area contributed by atoms with E-state index in [4.69, 9.17) is 24.8 Å². The van der Waals surface area contributed by atoms with Crippen molar-refractivity contribution in [3.05, 3.63) is 29.8 Å². The number of hydrogen-bond donors (Lipinski definition) is 1. The number of unbranched alkanes of at least 4 members (excludes halogenated alkanes) is 1. The maximum absolute atomic E-state index is 4.78.